The van der Waals surface area contributed by atoms with Crippen LogP contribution in [0, 0.1) is 17.0 Å². The van der Waals surface area contributed by atoms with Gasteiger partial charge >= 0.3 is 0 Å². The summed E-state index contributed by atoms with van der Waals surface area (Å²) < 4.78 is 0. The van der Waals surface area contributed by atoms with Gasteiger partial charge in [0.2, 0.25) is 0 Å². The standard InChI is InChI=1S/C25H24N4O4/c1-18-8-7-12-21(23(18)29(32)33)24(30)26-22-13-6-5-11-20(22)25(31)28-16-14-27(15-17-28)19-9-3-2-4-10-19/h2-13H,14-17H2,1H3,(H,26,30). The van der Waals surface area contributed by atoms with Gasteiger partial charge in [0.05, 0.1) is 16.2 Å². The van der Waals surface area contributed by atoms with Gasteiger partial charge in [-0.3, -0.25) is 19.7 Å². The summed E-state index contributed by atoms with van der Waals surface area (Å²) in [6.07, 6.45) is 0. The highest BCUT2D eigenvalue weighted by atomic mass is 16.6. The van der Waals surface area contributed by atoms with Gasteiger partial charge in [0.15, 0.2) is 0 Å². The summed E-state index contributed by atoms with van der Waals surface area (Å²) in [6, 6.07) is 21.4. The molecule has 3 aromatic carbocycles. The molecule has 0 spiro atoms. The molecule has 1 aliphatic heterocycles. The van der Waals surface area contributed by atoms with Crippen LogP contribution in [-0.4, -0.2) is 47.8 Å². The first-order valence-electron chi connectivity index (χ1n) is 10.7. The lowest BCUT2D eigenvalue weighted by Gasteiger charge is -2.36. The number of hydrogen-bond acceptors (Lipinski definition) is 5. The molecule has 2 amide bonds. The van der Waals surface area contributed by atoms with Crippen molar-refractivity contribution < 1.29 is 14.5 Å². The summed E-state index contributed by atoms with van der Waals surface area (Å²) in [5.74, 6) is -0.808. The van der Waals surface area contributed by atoms with Gasteiger partial charge in [-0.1, -0.05) is 42.5 Å². The van der Waals surface area contributed by atoms with Crippen LogP contribution in [-0.2, 0) is 0 Å². The first kappa shape index (κ1) is 22.0. The zero-order chi connectivity index (χ0) is 23.4. The fourth-order valence-corrected chi connectivity index (χ4v) is 4.03. The predicted molar refractivity (Wildman–Crippen MR) is 127 cm³/mol. The fraction of sp³-hybridized carbons (Fsp3) is 0.200. The summed E-state index contributed by atoms with van der Waals surface area (Å²) >= 11 is 0. The van der Waals surface area contributed by atoms with Crippen molar-refractivity contribution in [3.05, 3.63) is 99.6 Å². The second-order valence-electron chi connectivity index (χ2n) is 7.84. The van der Waals surface area contributed by atoms with E-state index in [4.69, 9.17) is 0 Å². The zero-order valence-corrected chi connectivity index (χ0v) is 18.2. The van der Waals surface area contributed by atoms with Crippen molar-refractivity contribution in [2.75, 3.05) is 36.4 Å². The van der Waals surface area contributed by atoms with Crippen LogP contribution >= 0.6 is 0 Å². The number of nitro groups is 1. The average molecular weight is 444 g/mol. The zero-order valence-electron chi connectivity index (χ0n) is 18.2. The van der Waals surface area contributed by atoms with E-state index in [1.54, 1.807) is 48.2 Å². The number of nitrogens with zero attached hydrogens (tertiary/aromatic N) is 3. The summed E-state index contributed by atoms with van der Waals surface area (Å²) in [6.45, 7) is 4.11. The van der Waals surface area contributed by atoms with Crippen molar-refractivity contribution in [3.8, 4) is 0 Å². The molecule has 1 saturated heterocycles. The smallest absolute Gasteiger partial charge is 0.285 e. The average Bonchev–Trinajstić information content (AvgIpc) is 2.84. The number of para-hydroxylation sites is 3. The third-order valence-electron chi connectivity index (χ3n) is 5.76. The quantitative estimate of drug-likeness (QED) is 0.472. The molecule has 33 heavy (non-hydrogen) atoms. The van der Waals surface area contributed by atoms with Crippen LogP contribution in [0.3, 0.4) is 0 Å². The summed E-state index contributed by atoms with van der Waals surface area (Å²) in [5.41, 5.74) is 1.92. The molecule has 0 unspecified atom stereocenters. The molecule has 0 atom stereocenters. The van der Waals surface area contributed by atoms with E-state index < -0.39 is 10.8 Å². The third-order valence-corrected chi connectivity index (χ3v) is 5.76. The Hall–Kier alpha value is -4.20. The molecule has 4 rings (SSSR count). The second-order valence-corrected chi connectivity index (χ2v) is 7.84. The molecule has 0 bridgehead atoms. The highest BCUT2D eigenvalue weighted by Gasteiger charge is 2.26. The Balaban J connectivity index is 1.50. The summed E-state index contributed by atoms with van der Waals surface area (Å²) in [7, 11) is 0. The van der Waals surface area contributed by atoms with E-state index in [-0.39, 0.29) is 17.2 Å². The van der Waals surface area contributed by atoms with Gasteiger partial charge in [0, 0.05) is 37.4 Å². The van der Waals surface area contributed by atoms with Crippen molar-refractivity contribution in [2.45, 2.75) is 6.92 Å². The Morgan fingerprint density at radius 2 is 1.48 bits per heavy atom. The van der Waals surface area contributed by atoms with Crippen LogP contribution in [0.4, 0.5) is 17.1 Å². The molecule has 0 aromatic heterocycles. The molecule has 1 fully saturated rings. The largest absolute Gasteiger partial charge is 0.368 e. The van der Waals surface area contributed by atoms with Crippen LogP contribution < -0.4 is 10.2 Å². The molecular formula is C25H24N4O4. The van der Waals surface area contributed by atoms with Gasteiger partial charge in [-0.15, -0.1) is 0 Å². The minimum atomic E-state index is -0.625. The van der Waals surface area contributed by atoms with Crippen molar-refractivity contribution in [3.63, 3.8) is 0 Å². The number of nitro benzene ring substituents is 1. The molecule has 3 aromatic rings. The fourth-order valence-electron chi connectivity index (χ4n) is 4.03. The van der Waals surface area contributed by atoms with Crippen LogP contribution in [0.15, 0.2) is 72.8 Å². The Morgan fingerprint density at radius 3 is 2.18 bits per heavy atom. The van der Waals surface area contributed by atoms with Gasteiger partial charge in [0.25, 0.3) is 17.5 Å². The highest BCUT2D eigenvalue weighted by molar-refractivity contribution is 6.11. The topological polar surface area (TPSA) is 95.8 Å². The SMILES string of the molecule is Cc1cccc(C(=O)Nc2ccccc2C(=O)N2CCN(c3ccccc3)CC2)c1[N+](=O)[O-]. The Morgan fingerprint density at radius 1 is 0.848 bits per heavy atom. The van der Waals surface area contributed by atoms with Gasteiger partial charge < -0.3 is 15.1 Å². The molecule has 1 heterocycles. The number of amides is 2. The maximum atomic E-state index is 13.3. The Bertz CT molecular complexity index is 1190. The van der Waals surface area contributed by atoms with Crippen molar-refractivity contribution in [2.24, 2.45) is 0 Å². The number of nitrogens with one attached hydrogen (secondary N) is 1. The Labute approximate surface area is 191 Å². The normalized spacial score (nSPS) is 13.5. The number of benzene rings is 3. The first-order valence-corrected chi connectivity index (χ1v) is 10.7. The number of aryl methyl sites for hydroxylation is 1. The maximum Gasteiger partial charge on any atom is 0.285 e. The Kier molecular flexibility index (Phi) is 6.35. The van der Waals surface area contributed by atoms with E-state index in [0.29, 0.717) is 43.0 Å². The van der Waals surface area contributed by atoms with E-state index in [1.165, 1.54) is 6.07 Å². The number of hydrogen-bond donors (Lipinski definition) is 1. The van der Waals surface area contributed by atoms with Gasteiger partial charge in [-0.05, 0) is 37.3 Å². The van der Waals surface area contributed by atoms with Crippen LogP contribution in [0.5, 0.6) is 0 Å². The van der Waals surface area contributed by atoms with Crippen molar-refractivity contribution in [1.29, 1.82) is 0 Å². The van der Waals surface area contributed by atoms with Crippen molar-refractivity contribution >= 4 is 28.9 Å². The van der Waals surface area contributed by atoms with Gasteiger partial charge in [-0.2, -0.15) is 0 Å². The minimum absolute atomic E-state index is 0.0428. The van der Waals surface area contributed by atoms with Gasteiger partial charge in [0.1, 0.15) is 5.56 Å². The molecule has 0 radical (unpaired) electrons. The van der Waals surface area contributed by atoms with Crippen LogP contribution in [0.1, 0.15) is 26.3 Å². The van der Waals surface area contributed by atoms with E-state index in [1.807, 2.05) is 30.3 Å². The molecule has 8 heteroatoms. The maximum absolute atomic E-state index is 13.3. The number of piperazine rings is 1. The van der Waals surface area contributed by atoms with E-state index in [0.717, 1.165) is 5.69 Å². The van der Waals surface area contributed by atoms with Crippen LogP contribution in [0.2, 0.25) is 0 Å². The first-order chi connectivity index (χ1) is 16.0. The predicted octanol–water partition coefficient (Wildman–Crippen LogP) is 4.12. The number of carbonyl (C=O) groups excluding carboxylic acids is 2. The number of carbonyl (C=O) groups is 2. The third kappa shape index (κ3) is 4.69. The molecule has 1 N–H and O–H groups in total. The second kappa shape index (κ2) is 9.52. The van der Waals surface area contributed by atoms with Crippen LogP contribution in [0.25, 0.3) is 0 Å². The lowest BCUT2D eigenvalue weighted by molar-refractivity contribution is -0.385. The van der Waals surface area contributed by atoms with Crippen molar-refractivity contribution in [1.82, 2.24) is 4.90 Å². The van der Waals surface area contributed by atoms with Gasteiger partial charge in [-0.25, -0.2) is 0 Å². The summed E-state index contributed by atoms with van der Waals surface area (Å²) in [4.78, 5) is 41.1. The summed E-state index contributed by atoms with van der Waals surface area (Å²) in [5, 5.41) is 14.2. The molecule has 168 valence electrons. The molecular weight excluding hydrogens is 420 g/mol. The molecule has 0 saturated carbocycles. The number of rotatable bonds is 5. The lowest BCUT2D eigenvalue weighted by atomic mass is 10.1. The number of anilines is 2. The molecule has 0 aliphatic carbocycles. The van der Waals surface area contributed by atoms with E-state index >= 15 is 0 Å². The molecule has 8 nitrogen and oxygen atoms in total. The van der Waals surface area contributed by atoms with E-state index in [9.17, 15) is 19.7 Å². The highest BCUT2D eigenvalue weighted by Crippen LogP contribution is 2.26. The lowest BCUT2D eigenvalue weighted by Crippen LogP contribution is -2.48. The monoisotopic (exact) mass is 444 g/mol. The van der Waals surface area contributed by atoms with E-state index in [2.05, 4.69) is 10.2 Å². The molecule has 1 aliphatic rings. The minimum Gasteiger partial charge on any atom is -0.368 e.